The van der Waals surface area contributed by atoms with Crippen LogP contribution >= 0.6 is 7.44 Å². The Balaban J connectivity index is 1.80. The van der Waals surface area contributed by atoms with Gasteiger partial charge in [0.1, 0.15) is 24.5 Å². The van der Waals surface area contributed by atoms with Gasteiger partial charge in [-0.1, -0.05) is 0 Å². The molecule has 1 fully saturated rings. The smallest absolute Gasteiger partial charge is 0.323 e. The third-order valence-corrected chi connectivity index (χ3v) is 7.61. The highest BCUT2D eigenvalue weighted by atomic mass is 31.2. The summed E-state index contributed by atoms with van der Waals surface area (Å²) in [4.78, 5) is 47.7. The van der Waals surface area contributed by atoms with Crippen LogP contribution in [-0.4, -0.2) is 81.4 Å². The number of nitrogens with two attached hydrogens (primary N) is 1. The molecular formula is C22H36N7O8P. The van der Waals surface area contributed by atoms with Gasteiger partial charge in [-0.2, -0.15) is 4.98 Å². The predicted molar refractivity (Wildman–Crippen MR) is 137 cm³/mol. The van der Waals surface area contributed by atoms with E-state index in [0.29, 0.717) is 0 Å². The van der Waals surface area contributed by atoms with Crippen molar-refractivity contribution in [3.63, 3.8) is 0 Å². The Kier molecular flexibility index (Phi) is 9.65. The van der Waals surface area contributed by atoms with Crippen molar-refractivity contribution in [2.75, 3.05) is 25.3 Å². The Labute approximate surface area is 219 Å². The minimum atomic E-state index is -3.74. The minimum absolute atomic E-state index is 0.0666. The third-order valence-electron chi connectivity index (χ3n) is 5.49. The zero-order valence-electron chi connectivity index (χ0n) is 22.3. The number of nitrogen functional groups attached to an aromatic ring is 1. The van der Waals surface area contributed by atoms with Crippen LogP contribution < -0.4 is 21.5 Å². The van der Waals surface area contributed by atoms with Gasteiger partial charge < -0.3 is 29.2 Å². The van der Waals surface area contributed by atoms with Crippen LogP contribution in [0, 0.1) is 0 Å². The summed E-state index contributed by atoms with van der Waals surface area (Å²) >= 11 is 0. The van der Waals surface area contributed by atoms with Gasteiger partial charge >= 0.3 is 11.9 Å². The van der Waals surface area contributed by atoms with Gasteiger partial charge in [0.2, 0.25) is 13.4 Å². The zero-order chi connectivity index (χ0) is 28.2. The monoisotopic (exact) mass is 557 g/mol. The van der Waals surface area contributed by atoms with Gasteiger partial charge in [0.05, 0.1) is 37.8 Å². The molecule has 1 aliphatic rings. The zero-order valence-corrected chi connectivity index (χ0v) is 23.2. The molecule has 38 heavy (non-hydrogen) atoms. The van der Waals surface area contributed by atoms with Gasteiger partial charge in [-0.3, -0.25) is 23.9 Å². The molecule has 15 nitrogen and oxygen atoms in total. The van der Waals surface area contributed by atoms with Gasteiger partial charge in [-0.05, 0) is 41.5 Å². The SMILES string of the molecule is CC(C)OC(=O)[C@H](C)NP(=O)(CO[C@H]1COCC1n1cnc2c(=O)[nH]c(N)nc21)N[C@@H](C)C(=O)OC(C)C. The number of carbonyl (C=O) groups excluding carboxylic acids is 2. The van der Waals surface area contributed by atoms with Gasteiger partial charge in [0, 0.05) is 0 Å². The number of carbonyl (C=O) groups is 2. The van der Waals surface area contributed by atoms with Crippen LogP contribution in [0.2, 0.25) is 0 Å². The molecule has 3 rings (SSSR count). The van der Waals surface area contributed by atoms with Crippen molar-refractivity contribution in [1.29, 1.82) is 0 Å². The maximum absolute atomic E-state index is 14.0. The number of aromatic nitrogens is 4. The van der Waals surface area contributed by atoms with Crippen molar-refractivity contribution in [3.05, 3.63) is 16.7 Å². The lowest BCUT2D eigenvalue weighted by Gasteiger charge is -2.28. The first-order chi connectivity index (χ1) is 17.8. The fraction of sp³-hybridized carbons (Fsp3) is 0.682. The fourth-order valence-corrected chi connectivity index (χ4v) is 5.93. The normalized spacial score (nSPS) is 19.7. The molecule has 4 atom stereocenters. The van der Waals surface area contributed by atoms with Crippen molar-refractivity contribution in [2.45, 2.75) is 78.0 Å². The van der Waals surface area contributed by atoms with Crippen LogP contribution in [0.5, 0.6) is 0 Å². The summed E-state index contributed by atoms with van der Waals surface area (Å²) in [7, 11) is -3.74. The lowest BCUT2D eigenvalue weighted by molar-refractivity contribution is -0.149. The number of aromatic amines is 1. The Bertz CT molecular complexity index is 1210. The number of anilines is 1. The van der Waals surface area contributed by atoms with E-state index in [4.69, 9.17) is 24.7 Å². The summed E-state index contributed by atoms with van der Waals surface area (Å²) in [5.41, 5.74) is 5.58. The van der Waals surface area contributed by atoms with Crippen LogP contribution in [-0.2, 0) is 33.1 Å². The van der Waals surface area contributed by atoms with Gasteiger partial charge in [0.25, 0.3) is 5.56 Å². The number of hydrogen-bond donors (Lipinski definition) is 4. The second kappa shape index (κ2) is 12.3. The molecule has 2 aromatic rings. The average Bonchev–Trinajstić information content (AvgIpc) is 3.43. The van der Waals surface area contributed by atoms with Crippen LogP contribution in [0.4, 0.5) is 5.95 Å². The van der Waals surface area contributed by atoms with Crippen LogP contribution in [0.25, 0.3) is 11.2 Å². The summed E-state index contributed by atoms with van der Waals surface area (Å²) in [6.07, 6.45) is -0.328. The lowest BCUT2D eigenvalue weighted by Crippen LogP contribution is -2.44. The van der Waals surface area contributed by atoms with Crippen molar-refractivity contribution < 1.29 is 33.1 Å². The molecule has 2 aromatic heterocycles. The van der Waals surface area contributed by atoms with E-state index >= 15 is 0 Å². The molecule has 16 heteroatoms. The molecule has 5 N–H and O–H groups in total. The molecule has 3 heterocycles. The topological polar surface area (TPSA) is 202 Å². The first-order valence-electron chi connectivity index (χ1n) is 12.3. The van der Waals surface area contributed by atoms with Gasteiger partial charge in [-0.15, -0.1) is 0 Å². The Morgan fingerprint density at radius 1 is 1.13 bits per heavy atom. The average molecular weight is 558 g/mol. The van der Waals surface area contributed by atoms with Crippen molar-refractivity contribution >= 4 is 36.5 Å². The number of nitrogens with one attached hydrogen (secondary N) is 3. The van der Waals surface area contributed by atoms with Gasteiger partial charge in [-0.25, -0.2) is 15.2 Å². The molecule has 0 aromatic carbocycles. The predicted octanol–water partition coefficient (Wildman–Crippen LogP) is 0.668. The van der Waals surface area contributed by atoms with Crippen molar-refractivity contribution in [1.82, 2.24) is 29.7 Å². The number of esters is 2. The molecule has 0 spiro atoms. The standard InChI is InChI=1S/C22H36N7O8P/c1-11(2)36-20(31)13(5)27-38(33,28-14(6)21(32)37-12(3)4)10-35-16-8-34-7-15(16)29-9-24-17-18(29)25-22(23)26-19(17)30/h9,11-16H,7-8,10H2,1-6H3,(H2,27,28,33)(H3,23,25,26,30)/t13-,14-,15?,16-/m0/s1. The highest BCUT2D eigenvalue weighted by Gasteiger charge is 2.37. The molecular weight excluding hydrogens is 521 g/mol. The largest absolute Gasteiger partial charge is 0.462 e. The van der Waals surface area contributed by atoms with E-state index in [1.807, 2.05) is 0 Å². The Hall–Kier alpha value is -2.84. The summed E-state index contributed by atoms with van der Waals surface area (Å²) < 4.78 is 37.6. The quantitative estimate of drug-likeness (QED) is 0.210. The number of ether oxygens (including phenoxy) is 4. The van der Waals surface area contributed by atoms with E-state index in [0.717, 1.165) is 0 Å². The number of fused-ring (bicyclic) bond motifs is 1. The van der Waals surface area contributed by atoms with E-state index in [1.165, 1.54) is 20.2 Å². The summed E-state index contributed by atoms with van der Waals surface area (Å²) in [5.74, 6) is -1.29. The van der Waals surface area contributed by atoms with Crippen LogP contribution in [0.1, 0.15) is 47.6 Å². The third kappa shape index (κ3) is 7.38. The first kappa shape index (κ1) is 29.7. The summed E-state index contributed by atoms with van der Waals surface area (Å²) in [6.45, 7) is 10.2. The second-order valence-electron chi connectivity index (χ2n) is 9.63. The molecule has 1 saturated heterocycles. The molecule has 212 valence electrons. The highest BCUT2D eigenvalue weighted by Crippen LogP contribution is 2.39. The maximum atomic E-state index is 14.0. The first-order valence-corrected chi connectivity index (χ1v) is 14.2. The number of rotatable bonds is 12. The molecule has 0 radical (unpaired) electrons. The molecule has 0 saturated carbocycles. The maximum Gasteiger partial charge on any atom is 0.323 e. The Morgan fingerprint density at radius 3 is 2.26 bits per heavy atom. The van der Waals surface area contributed by atoms with E-state index in [-0.39, 0.29) is 42.5 Å². The summed E-state index contributed by atoms with van der Waals surface area (Å²) in [5, 5.41) is 5.52. The summed E-state index contributed by atoms with van der Waals surface area (Å²) in [6, 6.07) is -2.41. The Morgan fingerprint density at radius 2 is 1.71 bits per heavy atom. The van der Waals surface area contributed by atoms with Crippen LogP contribution in [0.15, 0.2) is 11.1 Å². The molecule has 1 aliphatic heterocycles. The molecule has 0 aliphatic carbocycles. The highest BCUT2D eigenvalue weighted by molar-refractivity contribution is 7.59. The number of nitrogens with zero attached hydrogens (tertiary/aromatic N) is 3. The number of H-pyrrole nitrogens is 1. The minimum Gasteiger partial charge on any atom is -0.462 e. The molecule has 0 amide bonds. The van der Waals surface area contributed by atoms with Crippen LogP contribution in [0.3, 0.4) is 0 Å². The van der Waals surface area contributed by atoms with E-state index in [2.05, 4.69) is 25.1 Å². The molecule has 1 unspecified atom stereocenters. The lowest BCUT2D eigenvalue weighted by atomic mass is 10.2. The fourth-order valence-electron chi connectivity index (χ4n) is 3.84. The van der Waals surface area contributed by atoms with Crippen molar-refractivity contribution in [2.24, 2.45) is 0 Å². The van der Waals surface area contributed by atoms with E-state index < -0.39 is 55.5 Å². The number of imidazole rings is 1. The number of hydrogen-bond acceptors (Lipinski definition) is 11. The van der Waals surface area contributed by atoms with E-state index in [1.54, 1.807) is 32.3 Å². The van der Waals surface area contributed by atoms with E-state index in [9.17, 15) is 18.9 Å². The van der Waals surface area contributed by atoms with Gasteiger partial charge in [0.15, 0.2) is 11.2 Å². The van der Waals surface area contributed by atoms with Crippen molar-refractivity contribution in [3.8, 4) is 0 Å². The second-order valence-corrected chi connectivity index (χ2v) is 11.9. The molecule has 0 bridgehead atoms.